The minimum absolute atomic E-state index is 0.130. The molecule has 0 spiro atoms. The lowest BCUT2D eigenvalue weighted by Gasteiger charge is -2.37. The molecule has 174 valence electrons. The summed E-state index contributed by atoms with van der Waals surface area (Å²) in [6.07, 6.45) is 2.25. The number of carbonyl (C=O) groups is 1. The zero-order valence-corrected chi connectivity index (χ0v) is 19.9. The van der Waals surface area contributed by atoms with Crippen molar-refractivity contribution in [3.63, 3.8) is 0 Å². The first-order chi connectivity index (χ1) is 15.0. The van der Waals surface area contributed by atoms with Gasteiger partial charge in [-0.1, -0.05) is 17.7 Å². The summed E-state index contributed by atoms with van der Waals surface area (Å²) in [7, 11) is 1.73. The van der Waals surface area contributed by atoms with Gasteiger partial charge in [0.25, 0.3) is 0 Å². The molecule has 0 radical (unpaired) electrons. The molecule has 31 heavy (non-hydrogen) atoms. The van der Waals surface area contributed by atoms with Crippen LogP contribution >= 0.6 is 0 Å². The fourth-order valence-electron chi connectivity index (χ4n) is 4.11. The van der Waals surface area contributed by atoms with Crippen molar-refractivity contribution < 1.29 is 14.3 Å². The number of aryl methyl sites for hydroxylation is 1. The van der Waals surface area contributed by atoms with Crippen LogP contribution in [0, 0.1) is 6.92 Å². The second-order valence-electron chi connectivity index (χ2n) is 8.03. The molecule has 1 aromatic rings. The maximum absolute atomic E-state index is 12.3. The second kappa shape index (κ2) is 12.5. The average Bonchev–Trinajstić information content (AvgIpc) is 2.79. The third-order valence-corrected chi connectivity index (χ3v) is 6.01. The van der Waals surface area contributed by atoms with Gasteiger partial charge in [0, 0.05) is 56.8 Å². The van der Waals surface area contributed by atoms with Gasteiger partial charge >= 0.3 is 0 Å². The Bertz CT molecular complexity index is 726. The predicted octanol–water partition coefficient (Wildman–Crippen LogP) is 2.87. The number of amides is 1. The molecular formula is C24H40N4O3. The Morgan fingerprint density at radius 2 is 1.90 bits per heavy atom. The van der Waals surface area contributed by atoms with E-state index in [-0.39, 0.29) is 11.3 Å². The normalized spacial score (nSPS) is 16.0. The van der Waals surface area contributed by atoms with E-state index in [9.17, 15) is 4.79 Å². The van der Waals surface area contributed by atoms with Gasteiger partial charge in [0.15, 0.2) is 5.96 Å². The number of nitrogens with zero attached hydrogens (tertiary/aromatic N) is 2. The molecule has 7 nitrogen and oxygen atoms in total. The molecule has 1 fully saturated rings. The number of benzene rings is 1. The minimum atomic E-state index is -0.130. The van der Waals surface area contributed by atoms with Gasteiger partial charge in [-0.25, -0.2) is 0 Å². The molecule has 0 bridgehead atoms. The van der Waals surface area contributed by atoms with Crippen LogP contribution in [0.15, 0.2) is 23.2 Å². The summed E-state index contributed by atoms with van der Waals surface area (Å²) < 4.78 is 11.4. The summed E-state index contributed by atoms with van der Waals surface area (Å²) >= 11 is 0. The van der Waals surface area contributed by atoms with E-state index >= 15 is 0 Å². The van der Waals surface area contributed by atoms with Crippen LogP contribution in [0.2, 0.25) is 0 Å². The molecule has 2 rings (SSSR count). The standard InChI is InChI=1S/C24H40N4O3/c1-6-25-23(26-14-11-22(29)28(7-2)8-3)27-18-24(12-15-31-16-13-24)20-17-19(4)9-10-21(20)30-5/h9-10,17H,6-8,11-16,18H2,1-5H3,(H2,25,26,27). The second-order valence-corrected chi connectivity index (χ2v) is 8.03. The molecule has 1 aliphatic rings. The number of hydrogen-bond donors (Lipinski definition) is 2. The maximum atomic E-state index is 12.3. The zero-order valence-electron chi connectivity index (χ0n) is 19.9. The maximum Gasteiger partial charge on any atom is 0.224 e. The molecule has 1 amide bonds. The number of nitrogens with one attached hydrogen (secondary N) is 2. The topological polar surface area (TPSA) is 75.2 Å². The van der Waals surface area contributed by atoms with Crippen molar-refractivity contribution in [1.82, 2.24) is 15.5 Å². The molecule has 1 aromatic carbocycles. The lowest BCUT2D eigenvalue weighted by atomic mass is 9.73. The van der Waals surface area contributed by atoms with Crippen LogP contribution in [0.1, 0.15) is 51.2 Å². The van der Waals surface area contributed by atoms with Crippen LogP contribution in [-0.2, 0) is 14.9 Å². The van der Waals surface area contributed by atoms with Gasteiger partial charge in [-0.3, -0.25) is 9.79 Å². The fraction of sp³-hybridized carbons (Fsp3) is 0.667. The largest absolute Gasteiger partial charge is 0.496 e. The lowest BCUT2D eigenvalue weighted by molar-refractivity contribution is -0.130. The molecule has 2 N–H and O–H groups in total. The molecule has 1 aliphatic heterocycles. The third kappa shape index (κ3) is 6.86. The van der Waals surface area contributed by atoms with Gasteiger partial charge < -0.3 is 25.0 Å². The molecule has 0 aliphatic carbocycles. The van der Waals surface area contributed by atoms with Crippen LogP contribution in [0.3, 0.4) is 0 Å². The van der Waals surface area contributed by atoms with Gasteiger partial charge in [-0.15, -0.1) is 0 Å². The highest BCUT2D eigenvalue weighted by atomic mass is 16.5. The van der Waals surface area contributed by atoms with Gasteiger partial charge in [0.2, 0.25) is 5.91 Å². The summed E-state index contributed by atoms with van der Waals surface area (Å²) in [5.41, 5.74) is 2.29. The van der Waals surface area contributed by atoms with Gasteiger partial charge in [0.1, 0.15) is 5.75 Å². The summed E-state index contributed by atoms with van der Waals surface area (Å²) in [5.74, 6) is 1.82. The van der Waals surface area contributed by atoms with Gasteiger partial charge in [-0.05, 0) is 46.6 Å². The van der Waals surface area contributed by atoms with Gasteiger partial charge in [0.05, 0.1) is 13.7 Å². The van der Waals surface area contributed by atoms with Gasteiger partial charge in [-0.2, -0.15) is 0 Å². The SMILES string of the molecule is CCNC(=NCC1(c2cc(C)ccc2OC)CCOCC1)NCCC(=O)N(CC)CC. The predicted molar refractivity (Wildman–Crippen MR) is 126 cm³/mol. The fourth-order valence-corrected chi connectivity index (χ4v) is 4.11. The highest BCUT2D eigenvalue weighted by Crippen LogP contribution is 2.40. The van der Waals surface area contributed by atoms with Crippen molar-refractivity contribution in [3.8, 4) is 5.75 Å². The monoisotopic (exact) mass is 432 g/mol. The Kier molecular flexibility index (Phi) is 10.1. The molecule has 0 atom stereocenters. The van der Waals surface area contributed by atoms with Crippen molar-refractivity contribution in [2.75, 3.05) is 53.0 Å². The van der Waals surface area contributed by atoms with Crippen LogP contribution in [0.25, 0.3) is 0 Å². The van der Waals surface area contributed by atoms with Crippen molar-refractivity contribution in [3.05, 3.63) is 29.3 Å². The Balaban J connectivity index is 2.16. The highest BCUT2D eigenvalue weighted by molar-refractivity contribution is 5.81. The Morgan fingerprint density at radius 3 is 2.52 bits per heavy atom. The number of guanidine groups is 1. The van der Waals surface area contributed by atoms with Crippen LogP contribution in [0.5, 0.6) is 5.75 Å². The third-order valence-electron chi connectivity index (χ3n) is 6.01. The van der Waals surface area contributed by atoms with E-state index in [1.165, 1.54) is 11.1 Å². The van der Waals surface area contributed by atoms with Crippen molar-refractivity contribution >= 4 is 11.9 Å². The lowest BCUT2D eigenvalue weighted by Crippen LogP contribution is -2.42. The van der Waals surface area contributed by atoms with E-state index in [1.54, 1.807) is 7.11 Å². The minimum Gasteiger partial charge on any atom is -0.496 e. The average molecular weight is 433 g/mol. The number of carbonyl (C=O) groups excluding carboxylic acids is 1. The molecule has 1 heterocycles. The summed E-state index contributed by atoms with van der Waals surface area (Å²) in [6, 6.07) is 6.35. The van der Waals surface area contributed by atoms with E-state index < -0.39 is 0 Å². The van der Waals surface area contributed by atoms with Crippen molar-refractivity contribution in [1.29, 1.82) is 0 Å². The number of rotatable bonds is 10. The van der Waals surface area contributed by atoms with E-state index in [2.05, 4.69) is 29.7 Å². The van der Waals surface area contributed by atoms with E-state index in [0.717, 1.165) is 57.4 Å². The van der Waals surface area contributed by atoms with E-state index in [1.807, 2.05) is 31.7 Å². The van der Waals surface area contributed by atoms with E-state index in [0.29, 0.717) is 19.5 Å². The first-order valence-electron chi connectivity index (χ1n) is 11.5. The Morgan fingerprint density at radius 1 is 1.19 bits per heavy atom. The zero-order chi connectivity index (χ0) is 22.7. The van der Waals surface area contributed by atoms with Crippen LogP contribution in [0.4, 0.5) is 0 Å². The molecule has 7 heteroatoms. The number of hydrogen-bond acceptors (Lipinski definition) is 4. The molecule has 0 unspecified atom stereocenters. The summed E-state index contributed by atoms with van der Waals surface area (Å²) in [5, 5.41) is 6.65. The van der Waals surface area contributed by atoms with Crippen LogP contribution in [-0.4, -0.2) is 69.8 Å². The number of aliphatic imine (C=N–C) groups is 1. The van der Waals surface area contributed by atoms with Crippen molar-refractivity contribution in [2.45, 2.75) is 52.4 Å². The quantitative estimate of drug-likeness (QED) is 0.439. The van der Waals surface area contributed by atoms with E-state index in [4.69, 9.17) is 14.5 Å². The molecule has 0 aromatic heterocycles. The smallest absolute Gasteiger partial charge is 0.224 e. The molecular weight excluding hydrogens is 392 g/mol. The summed E-state index contributed by atoms with van der Waals surface area (Å²) in [4.78, 5) is 19.1. The number of methoxy groups -OCH3 is 1. The van der Waals surface area contributed by atoms with Crippen molar-refractivity contribution in [2.24, 2.45) is 4.99 Å². The van der Waals surface area contributed by atoms with Crippen LogP contribution < -0.4 is 15.4 Å². The Hall–Kier alpha value is -2.28. The molecule has 0 saturated carbocycles. The first-order valence-corrected chi connectivity index (χ1v) is 11.5. The Labute approximate surface area is 187 Å². The highest BCUT2D eigenvalue weighted by Gasteiger charge is 2.37. The number of ether oxygens (including phenoxy) is 2. The molecule has 1 saturated heterocycles. The summed E-state index contributed by atoms with van der Waals surface area (Å²) in [6.45, 7) is 13.0. The first kappa shape index (κ1) is 25.0.